The lowest BCUT2D eigenvalue weighted by Gasteiger charge is -2.25. The highest BCUT2D eigenvalue weighted by Gasteiger charge is 2.32. The van der Waals surface area contributed by atoms with Crippen LogP contribution in [0.15, 0.2) is 18.2 Å². The largest absolute Gasteiger partial charge is 0.388 e. The summed E-state index contributed by atoms with van der Waals surface area (Å²) < 4.78 is 0. The van der Waals surface area contributed by atoms with Gasteiger partial charge in [-0.2, -0.15) is 0 Å². The highest BCUT2D eigenvalue weighted by Crippen LogP contribution is 2.43. The predicted molar refractivity (Wildman–Crippen MR) is 96.3 cm³/mol. The average molecular weight is 294 g/mol. The van der Waals surface area contributed by atoms with E-state index in [2.05, 4.69) is 0 Å². The molecular formula is C15H8B5ClO. The van der Waals surface area contributed by atoms with Crippen LogP contribution < -0.4 is 27.3 Å². The number of aliphatic hydroxyl groups excluding tert-OH is 1. The molecular weight excluding hydrogens is 286 g/mol. The van der Waals surface area contributed by atoms with Crippen LogP contribution in [0.25, 0.3) is 0 Å². The molecule has 1 nitrogen and oxygen atoms in total. The first-order valence-corrected chi connectivity index (χ1v) is 7.19. The number of rotatable bonds is 1. The predicted octanol–water partition coefficient (Wildman–Crippen LogP) is -2.12. The summed E-state index contributed by atoms with van der Waals surface area (Å²) in [7, 11) is 29.9. The van der Waals surface area contributed by atoms with E-state index in [0.29, 0.717) is 27.9 Å². The van der Waals surface area contributed by atoms with Crippen molar-refractivity contribution in [1.82, 2.24) is 0 Å². The Labute approximate surface area is 141 Å². The zero-order valence-corrected chi connectivity index (χ0v) is 12.6. The van der Waals surface area contributed by atoms with Gasteiger partial charge in [-0.3, -0.25) is 0 Å². The monoisotopic (exact) mass is 294 g/mol. The van der Waals surface area contributed by atoms with Gasteiger partial charge in [0.2, 0.25) is 0 Å². The lowest BCUT2D eigenvalue weighted by molar-refractivity contribution is 0.176. The van der Waals surface area contributed by atoms with Crippen LogP contribution in [0, 0.1) is 0 Å². The smallest absolute Gasteiger partial charge is 0.113 e. The number of aliphatic hydroxyl groups is 1. The second-order valence-electron chi connectivity index (χ2n) is 5.56. The summed E-state index contributed by atoms with van der Waals surface area (Å²) in [5.41, 5.74) is 3.55. The maximum Gasteiger partial charge on any atom is 0.113 e. The van der Waals surface area contributed by atoms with Crippen molar-refractivity contribution in [3.63, 3.8) is 0 Å². The Morgan fingerprint density at radius 3 is 2.00 bits per heavy atom. The molecule has 0 aliphatic heterocycles. The van der Waals surface area contributed by atoms with E-state index in [4.69, 9.17) is 50.8 Å². The first-order chi connectivity index (χ1) is 10.3. The van der Waals surface area contributed by atoms with Gasteiger partial charge in [0, 0.05) is 10.9 Å². The molecule has 0 amide bonds. The molecule has 0 aromatic heterocycles. The first-order valence-electron chi connectivity index (χ1n) is 6.81. The van der Waals surface area contributed by atoms with E-state index in [1.807, 2.05) is 6.07 Å². The second kappa shape index (κ2) is 5.58. The fraction of sp³-hybridized carbons (Fsp3) is 0.200. The number of hydrogen-bond acceptors (Lipinski definition) is 1. The molecule has 22 heavy (non-hydrogen) atoms. The quantitative estimate of drug-likeness (QED) is 0.596. The van der Waals surface area contributed by atoms with Crippen molar-refractivity contribution in [3.8, 4) is 0 Å². The molecule has 3 rings (SSSR count). The van der Waals surface area contributed by atoms with Crippen molar-refractivity contribution in [2.45, 2.75) is 18.4 Å². The Hall–Kier alpha value is -0.985. The molecule has 2 atom stereocenters. The van der Waals surface area contributed by atoms with Gasteiger partial charge in [-0.25, -0.2) is 0 Å². The number of hydrogen-bond donors (Lipinski definition) is 1. The summed E-state index contributed by atoms with van der Waals surface area (Å²) in [6.45, 7) is 0. The van der Waals surface area contributed by atoms with E-state index in [1.54, 1.807) is 12.1 Å². The number of halogens is 1. The van der Waals surface area contributed by atoms with Crippen LogP contribution in [0.2, 0.25) is 5.02 Å². The zero-order chi connectivity index (χ0) is 16.2. The van der Waals surface area contributed by atoms with Gasteiger partial charge in [0.05, 0.1) is 6.10 Å². The molecule has 2 aromatic rings. The topological polar surface area (TPSA) is 20.2 Å². The molecule has 0 heterocycles. The van der Waals surface area contributed by atoms with Crippen LogP contribution >= 0.6 is 11.6 Å². The van der Waals surface area contributed by atoms with Gasteiger partial charge in [-0.1, -0.05) is 23.2 Å². The van der Waals surface area contributed by atoms with E-state index < -0.39 is 6.10 Å². The highest BCUT2D eigenvalue weighted by atomic mass is 35.5. The summed E-state index contributed by atoms with van der Waals surface area (Å²) in [4.78, 5) is 0. The van der Waals surface area contributed by atoms with Crippen molar-refractivity contribution in [1.29, 1.82) is 0 Å². The van der Waals surface area contributed by atoms with E-state index in [0.717, 1.165) is 11.1 Å². The SMILES string of the molecule is [B]c1c([B])c([B])c(C2CC(O)c3cc(Cl)ccc32)c([B])c1[B]. The molecule has 0 bridgehead atoms. The number of fused-ring (bicyclic) bond motifs is 1. The standard InChI is InChI=1S/C15H8B5ClO/c16-11-10(12(17)14(19)15(20)13(11)18)8-4-9(22)7-3-5(21)1-2-6(7)8/h1-3,8-9,22H,4H2. The number of benzene rings is 2. The van der Waals surface area contributed by atoms with Crippen LogP contribution in [0.5, 0.6) is 0 Å². The minimum atomic E-state index is -0.641. The maximum atomic E-state index is 10.3. The van der Waals surface area contributed by atoms with Crippen LogP contribution in [-0.4, -0.2) is 44.3 Å². The maximum absolute atomic E-state index is 10.3. The van der Waals surface area contributed by atoms with Crippen LogP contribution in [0.4, 0.5) is 0 Å². The van der Waals surface area contributed by atoms with E-state index in [9.17, 15) is 5.11 Å². The molecule has 1 aliphatic rings. The van der Waals surface area contributed by atoms with Gasteiger partial charge in [-0.15, -0.1) is 27.3 Å². The van der Waals surface area contributed by atoms with Crippen molar-refractivity contribution < 1.29 is 5.11 Å². The van der Waals surface area contributed by atoms with Gasteiger partial charge in [0.25, 0.3) is 0 Å². The lowest BCUT2D eigenvalue weighted by atomic mass is 9.58. The lowest BCUT2D eigenvalue weighted by Crippen LogP contribution is -2.56. The molecule has 0 fully saturated rings. The Balaban J connectivity index is 2.23. The molecule has 0 saturated heterocycles. The van der Waals surface area contributed by atoms with Gasteiger partial charge in [0.15, 0.2) is 0 Å². The second-order valence-corrected chi connectivity index (χ2v) is 6.00. The summed E-state index contributed by atoms with van der Waals surface area (Å²) >= 11 is 6.00. The molecule has 1 N–H and O–H groups in total. The fourth-order valence-corrected chi connectivity index (χ4v) is 3.33. The normalized spacial score (nSPS) is 20.1. The van der Waals surface area contributed by atoms with E-state index >= 15 is 0 Å². The van der Waals surface area contributed by atoms with Crippen LogP contribution in [0.1, 0.15) is 35.1 Å². The summed E-state index contributed by atoms with van der Waals surface area (Å²) in [6, 6.07) is 5.37. The zero-order valence-electron chi connectivity index (χ0n) is 11.8. The molecule has 2 unspecified atom stereocenters. The third-order valence-electron chi connectivity index (χ3n) is 4.33. The van der Waals surface area contributed by atoms with Crippen LogP contribution in [0.3, 0.4) is 0 Å². The van der Waals surface area contributed by atoms with Crippen molar-refractivity contribution in [2.24, 2.45) is 0 Å². The van der Waals surface area contributed by atoms with Gasteiger partial charge in [-0.05, 0) is 29.7 Å². The molecule has 0 spiro atoms. The average Bonchev–Trinajstić information content (AvgIpc) is 2.80. The van der Waals surface area contributed by atoms with Crippen molar-refractivity contribution in [3.05, 3.63) is 39.9 Å². The summed E-state index contributed by atoms with van der Waals surface area (Å²) in [5.74, 6) is -0.201. The molecule has 96 valence electrons. The van der Waals surface area contributed by atoms with Gasteiger partial charge in [0.1, 0.15) is 39.2 Å². The molecule has 1 aliphatic carbocycles. The van der Waals surface area contributed by atoms with Gasteiger partial charge < -0.3 is 5.11 Å². The van der Waals surface area contributed by atoms with Crippen LogP contribution in [-0.2, 0) is 0 Å². The molecule has 0 saturated carbocycles. The molecule has 2 aromatic carbocycles. The Bertz CT molecular complexity index is 748. The van der Waals surface area contributed by atoms with E-state index in [1.165, 1.54) is 0 Å². The Morgan fingerprint density at radius 1 is 0.864 bits per heavy atom. The fourth-order valence-electron chi connectivity index (χ4n) is 3.15. The molecule has 10 radical (unpaired) electrons. The highest BCUT2D eigenvalue weighted by molar-refractivity contribution is 6.67. The molecule has 7 heteroatoms. The Morgan fingerprint density at radius 2 is 1.41 bits per heavy atom. The van der Waals surface area contributed by atoms with E-state index in [-0.39, 0.29) is 22.3 Å². The third kappa shape index (κ3) is 2.28. The summed E-state index contributed by atoms with van der Waals surface area (Å²) in [5, 5.41) is 10.9. The van der Waals surface area contributed by atoms with Crippen molar-refractivity contribution >= 4 is 78.1 Å². The minimum Gasteiger partial charge on any atom is -0.388 e. The minimum absolute atomic E-state index is 0.189. The Kier molecular flexibility index (Phi) is 4.03. The van der Waals surface area contributed by atoms with Gasteiger partial charge >= 0.3 is 0 Å². The third-order valence-corrected chi connectivity index (χ3v) is 4.57. The summed E-state index contributed by atoms with van der Waals surface area (Å²) in [6.07, 6.45) is -0.204. The van der Waals surface area contributed by atoms with Crippen molar-refractivity contribution in [2.75, 3.05) is 0 Å². The first kappa shape index (κ1) is 15.9.